The molecule has 1 aromatic carbocycles. The van der Waals surface area contributed by atoms with Gasteiger partial charge < -0.3 is 10.1 Å². The summed E-state index contributed by atoms with van der Waals surface area (Å²) in [5, 5.41) is 3.21. The number of benzene rings is 1. The Balaban J connectivity index is 2.83. The predicted octanol–water partition coefficient (Wildman–Crippen LogP) is 2.26. The lowest BCUT2D eigenvalue weighted by atomic mass is 10.2. The third kappa shape index (κ3) is 6.04. The lowest BCUT2D eigenvalue weighted by molar-refractivity contribution is 0.188. The molecule has 0 amide bonds. The van der Waals surface area contributed by atoms with Crippen molar-refractivity contribution in [1.29, 1.82) is 0 Å². The predicted molar refractivity (Wildman–Crippen MR) is 87.8 cm³/mol. The Morgan fingerprint density at radius 1 is 1.38 bits per heavy atom. The third-order valence-corrected chi connectivity index (χ3v) is 5.54. The molecular weight excluding hydrogens is 356 g/mol. The molecule has 0 bridgehead atoms. The van der Waals surface area contributed by atoms with Crippen LogP contribution in [0.15, 0.2) is 27.6 Å². The van der Waals surface area contributed by atoms with E-state index >= 15 is 0 Å². The average molecular weight is 379 g/mol. The normalized spacial score (nSPS) is 13.3. The van der Waals surface area contributed by atoms with E-state index in [0.717, 1.165) is 12.1 Å². The van der Waals surface area contributed by atoms with Crippen LogP contribution in [-0.2, 0) is 21.3 Å². The van der Waals surface area contributed by atoms with E-state index in [2.05, 4.69) is 26.0 Å². The zero-order chi connectivity index (χ0) is 15.9. The number of nitrogens with one attached hydrogen (secondary N) is 2. The van der Waals surface area contributed by atoms with Gasteiger partial charge >= 0.3 is 0 Å². The van der Waals surface area contributed by atoms with Crippen molar-refractivity contribution < 1.29 is 13.2 Å². The summed E-state index contributed by atoms with van der Waals surface area (Å²) in [6.45, 7) is 5.96. The number of halogens is 1. The largest absolute Gasteiger partial charge is 0.385 e. The smallest absolute Gasteiger partial charge is 0.241 e. The van der Waals surface area contributed by atoms with Crippen molar-refractivity contribution in [2.45, 2.75) is 37.8 Å². The van der Waals surface area contributed by atoms with Gasteiger partial charge in [-0.3, -0.25) is 0 Å². The maximum absolute atomic E-state index is 12.4. The molecule has 1 aromatic rings. The van der Waals surface area contributed by atoms with Gasteiger partial charge in [0.05, 0.1) is 4.90 Å². The van der Waals surface area contributed by atoms with Crippen molar-refractivity contribution in [2.75, 3.05) is 20.3 Å². The van der Waals surface area contributed by atoms with Crippen LogP contribution in [0.25, 0.3) is 0 Å². The molecule has 0 aliphatic rings. The summed E-state index contributed by atoms with van der Waals surface area (Å²) in [4.78, 5) is 0.256. The highest BCUT2D eigenvalue weighted by atomic mass is 79.9. The quantitative estimate of drug-likeness (QED) is 0.691. The summed E-state index contributed by atoms with van der Waals surface area (Å²) in [5.74, 6) is 0. The van der Waals surface area contributed by atoms with Gasteiger partial charge in [0.15, 0.2) is 0 Å². The minimum Gasteiger partial charge on any atom is -0.385 e. The lowest BCUT2D eigenvalue weighted by Crippen LogP contribution is -2.33. The standard InChI is InChI=1S/C14H23BrN2O3S/c1-4-16-10-12-5-6-14(13(15)9-12)21(18,19)17-11(2)7-8-20-3/h5-6,9,11,16-17H,4,7-8,10H2,1-3H3. The van der Waals surface area contributed by atoms with E-state index in [0.29, 0.717) is 24.0 Å². The fourth-order valence-electron chi connectivity index (χ4n) is 1.82. The summed E-state index contributed by atoms with van der Waals surface area (Å²) in [5.41, 5.74) is 1.04. The molecule has 120 valence electrons. The van der Waals surface area contributed by atoms with Crippen molar-refractivity contribution in [3.63, 3.8) is 0 Å². The molecule has 2 N–H and O–H groups in total. The van der Waals surface area contributed by atoms with Crippen LogP contribution in [-0.4, -0.2) is 34.7 Å². The number of rotatable bonds is 9. The molecule has 0 radical (unpaired) electrons. The Hall–Kier alpha value is -0.470. The molecule has 7 heteroatoms. The van der Waals surface area contributed by atoms with E-state index in [1.54, 1.807) is 13.2 Å². The number of hydrogen-bond acceptors (Lipinski definition) is 4. The van der Waals surface area contributed by atoms with E-state index in [1.165, 1.54) is 0 Å². The minimum atomic E-state index is -3.53. The van der Waals surface area contributed by atoms with Crippen LogP contribution in [0, 0.1) is 0 Å². The molecule has 1 atom stereocenters. The topological polar surface area (TPSA) is 67.4 Å². The van der Waals surface area contributed by atoms with Crippen molar-refractivity contribution >= 4 is 26.0 Å². The molecule has 0 aliphatic carbocycles. The molecule has 21 heavy (non-hydrogen) atoms. The SMILES string of the molecule is CCNCc1ccc(S(=O)(=O)NC(C)CCOC)c(Br)c1. The number of ether oxygens (including phenoxy) is 1. The zero-order valence-corrected chi connectivity index (χ0v) is 15.1. The van der Waals surface area contributed by atoms with Gasteiger partial charge in [0.25, 0.3) is 0 Å². The second-order valence-electron chi connectivity index (χ2n) is 4.85. The molecule has 0 aliphatic heterocycles. The first-order valence-electron chi connectivity index (χ1n) is 6.91. The second kappa shape index (κ2) is 8.85. The van der Waals surface area contributed by atoms with E-state index in [-0.39, 0.29) is 10.9 Å². The molecule has 0 heterocycles. The Morgan fingerprint density at radius 3 is 2.67 bits per heavy atom. The number of sulfonamides is 1. The average Bonchev–Trinajstić information content (AvgIpc) is 2.42. The fraction of sp³-hybridized carbons (Fsp3) is 0.571. The zero-order valence-electron chi connectivity index (χ0n) is 12.6. The first-order chi connectivity index (χ1) is 9.90. The van der Waals surface area contributed by atoms with E-state index in [1.807, 2.05) is 26.0 Å². The van der Waals surface area contributed by atoms with Gasteiger partial charge in [0.1, 0.15) is 0 Å². The van der Waals surface area contributed by atoms with Crippen LogP contribution in [0.4, 0.5) is 0 Å². The highest BCUT2D eigenvalue weighted by Gasteiger charge is 2.20. The molecule has 0 saturated heterocycles. The number of hydrogen-bond donors (Lipinski definition) is 2. The lowest BCUT2D eigenvalue weighted by Gasteiger charge is -2.15. The maximum atomic E-state index is 12.4. The molecule has 0 fully saturated rings. The van der Waals surface area contributed by atoms with Crippen LogP contribution < -0.4 is 10.0 Å². The van der Waals surface area contributed by atoms with Gasteiger partial charge in [-0.2, -0.15) is 0 Å². The summed E-state index contributed by atoms with van der Waals surface area (Å²) < 4.78 is 32.9. The maximum Gasteiger partial charge on any atom is 0.241 e. The summed E-state index contributed by atoms with van der Waals surface area (Å²) in [6, 6.07) is 5.10. The van der Waals surface area contributed by atoms with Gasteiger partial charge in [0.2, 0.25) is 10.0 Å². The van der Waals surface area contributed by atoms with Gasteiger partial charge in [-0.1, -0.05) is 13.0 Å². The van der Waals surface area contributed by atoms with Crippen LogP contribution in [0.1, 0.15) is 25.8 Å². The van der Waals surface area contributed by atoms with Gasteiger partial charge in [-0.05, 0) is 53.5 Å². The Morgan fingerprint density at radius 2 is 2.10 bits per heavy atom. The Labute approximate surface area is 135 Å². The fourth-order valence-corrected chi connectivity index (χ4v) is 4.23. The van der Waals surface area contributed by atoms with Crippen LogP contribution in [0.5, 0.6) is 0 Å². The Bertz CT molecular complexity index is 549. The van der Waals surface area contributed by atoms with E-state index < -0.39 is 10.0 Å². The van der Waals surface area contributed by atoms with Crippen LogP contribution >= 0.6 is 15.9 Å². The third-order valence-electron chi connectivity index (χ3n) is 2.98. The van der Waals surface area contributed by atoms with Gasteiger partial charge in [-0.15, -0.1) is 0 Å². The van der Waals surface area contributed by atoms with Gasteiger partial charge in [-0.25, -0.2) is 13.1 Å². The molecule has 0 aromatic heterocycles. The van der Waals surface area contributed by atoms with E-state index in [4.69, 9.17) is 4.74 Å². The molecule has 5 nitrogen and oxygen atoms in total. The van der Waals surface area contributed by atoms with Crippen LogP contribution in [0.2, 0.25) is 0 Å². The molecule has 0 spiro atoms. The summed E-state index contributed by atoms with van der Waals surface area (Å²) in [7, 11) is -1.93. The van der Waals surface area contributed by atoms with Crippen molar-refractivity contribution in [3.05, 3.63) is 28.2 Å². The minimum absolute atomic E-state index is 0.178. The summed E-state index contributed by atoms with van der Waals surface area (Å²) in [6.07, 6.45) is 0.631. The van der Waals surface area contributed by atoms with E-state index in [9.17, 15) is 8.42 Å². The number of methoxy groups -OCH3 is 1. The molecular formula is C14H23BrN2O3S. The summed E-state index contributed by atoms with van der Waals surface area (Å²) >= 11 is 3.35. The highest BCUT2D eigenvalue weighted by Crippen LogP contribution is 2.23. The monoisotopic (exact) mass is 378 g/mol. The van der Waals surface area contributed by atoms with Crippen molar-refractivity contribution in [3.8, 4) is 0 Å². The van der Waals surface area contributed by atoms with Crippen LogP contribution in [0.3, 0.4) is 0 Å². The molecule has 1 rings (SSSR count). The first-order valence-corrected chi connectivity index (χ1v) is 9.18. The molecule has 1 unspecified atom stereocenters. The molecule has 0 saturated carbocycles. The first kappa shape index (κ1) is 18.6. The highest BCUT2D eigenvalue weighted by molar-refractivity contribution is 9.10. The second-order valence-corrected chi connectivity index (χ2v) is 7.39. The van der Waals surface area contributed by atoms with Crippen molar-refractivity contribution in [1.82, 2.24) is 10.0 Å². The Kier molecular flexibility index (Phi) is 7.83. The van der Waals surface area contributed by atoms with Crippen molar-refractivity contribution in [2.24, 2.45) is 0 Å². The van der Waals surface area contributed by atoms with Gasteiger partial charge in [0, 0.05) is 30.8 Å².